The van der Waals surface area contributed by atoms with Crippen LogP contribution in [0, 0.1) is 5.92 Å². The molecule has 3 rings (SSSR count). The van der Waals surface area contributed by atoms with Crippen LogP contribution in [0.25, 0.3) is 11.0 Å². The summed E-state index contributed by atoms with van der Waals surface area (Å²) in [4.78, 5) is 32.5. The van der Waals surface area contributed by atoms with Crippen molar-refractivity contribution in [3.8, 4) is 0 Å². The van der Waals surface area contributed by atoms with E-state index in [0.717, 1.165) is 0 Å². The van der Waals surface area contributed by atoms with E-state index in [1.165, 1.54) is 4.90 Å². The summed E-state index contributed by atoms with van der Waals surface area (Å²) in [5.41, 5.74) is -1.10. The number of aliphatic carboxylic acids is 1. The van der Waals surface area contributed by atoms with Crippen LogP contribution in [0.5, 0.6) is 0 Å². The maximum absolute atomic E-state index is 12.5. The molecule has 1 amide bonds. The molecule has 1 aliphatic heterocycles. The third-order valence-corrected chi connectivity index (χ3v) is 4.43. The second-order valence-electron chi connectivity index (χ2n) is 7.73. The Morgan fingerprint density at radius 2 is 2.15 bits per heavy atom. The Kier molecular flexibility index (Phi) is 4.39. The Hall–Kier alpha value is -2.61. The molecule has 0 spiro atoms. The number of carboxylic acid groups (broad SMARTS) is 1. The van der Waals surface area contributed by atoms with E-state index in [4.69, 9.17) is 4.74 Å². The topological polar surface area (TPSA) is 116 Å². The average molecular weight is 361 g/mol. The van der Waals surface area contributed by atoms with Crippen molar-refractivity contribution in [3.05, 3.63) is 30.1 Å². The predicted molar refractivity (Wildman–Crippen MR) is 93.5 cm³/mol. The number of fused-ring (bicyclic) bond motifs is 1. The first-order valence-corrected chi connectivity index (χ1v) is 8.45. The minimum atomic E-state index is -1.51. The second-order valence-corrected chi connectivity index (χ2v) is 7.73. The maximum atomic E-state index is 12.5. The van der Waals surface area contributed by atoms with Crippen LogP contribution in [0.3, 0.4) is 0 Å². The lowest BCUT2D eigenvalue weighted by Crippen LogP contribution is -2.54. The molecule has 0 bridgehead atoms. The molecule has 2 atom stereocenters. The van der Waals surface area contributed by atoms with Crippen molar-refractivity contribution >= 4 is 23.1 Å². The minimum Gasteiger partial charge on any atom is -0.481 e. The average Bonchev–Trinajstić information content (AvgIpc) is 2.97. The number of hydrogen-bond acceptors (Lipinski definition) is 5. The van der Waals surface area contributed by atoms with Crippen molar-refractivity contribution in [1.29, 1.82) is 0 Å². The largest absolute Gasteiger partial charge is 0.481 e. The molecule has 1 fully saturated rings. The number of carbonyl (C=O) groups is 2. The number of amides is 1. The van der Waals surface area contributed by atoms with Crippen LogP contribution in [0.4, 0.5) is 4.79 Å². The first-order valence-electron chi connectivity index (χ1n) is 8.45. The van der Waals surface area contributed by atoms with Crippen LogP contribution in [0.2, 0.25) is 0 Å². The first-order chi connectivity index (χ1) is 12.1. The normalized spacial score (nSPS) is 23.8. The standard InChI is InChI=1S/C18H23N3O5/c1-17(2,3)26-16(24)21-9-11(15(22)23)7-18(25,10-21)13-8-20-14-12(13)5-4-6-19-14/h4-6,8,11,25H,7,9-10H2,1-3H3,(H,19,20)(H,22,23). The van der Waals surface area contributed by atoms with Crippen LogP contribution < -0.4 is 0 Å². The van der Waals surface area contributed by atoms with Crippen LogP contribution in [-0.4, -0.2) is 55.8 Å². The van der Waals surface area contributed by atoms with E-state index in [1.54, 1.807) is 45.3 Å². The second kappa shape index (κ2) is 6.28. The molecule has 1 saturated heterocycles. The van der Waals surface area contributed by atoms with E-state index >= 15 is 0 Å². The first kappa shape index (κ1) is 18.2. The summed E-state index contributed by atoms with van der Waals surface area (Å²) in [6.07, 6.45) is 2.61. The van der Waals surface area contributed by atoms with Crippen LogP contribution in [0.1, 0.15) is 32.8 Å². The molecular formula is C18H23N3O5. The number of likely N-dealkylation sites (tertiary alicyclic amines) is 1. The summed E-state index contributed by atoms with van der Waals surface area (Å²) in [6, 6.07) is 3.54. The Morgan fingerprint density at radius 1 is 1.42 bits per heavy atom. The van der Waals surface area contributed by atoms with Crippen molar-refractivity contribution in [2.24, 2.45) is 5.92 Å². The number of H-pyrrole nitrogens is 1. The molecule has 8 nitrogen and oxygen atoms in total. The van der Waals surface area contributed by atoms with Gasteiger partial charge in [0, 0.05) is 29.9 Å². The summed E-state index contributed by atoms with van der Waals surface area (Å²) in [5.74, 6) is -1.96. The highest BCUT2D eigenvalue weighted by Gasteiger charge is 2.45. The van der Waals surface area contributed by atoms with Gasteiger partial charge in [0.05, 0.1) is 12.5 Å². The van der Waals surface area contributed by atoms with Gasteiger partial charge in [0.2, 0.25) is 0 Å². The molecular weight excluding hydrogens is 338 g/mol. The van der Waals surface area contributed by atoms with Gasteiger partial charge in [-0.2, -0.15) is 0 Å². The van der Waals surface area contributed by atoms with Gasteiger partial charge in [-0.1, -0.05) is 0 Å². The fraction of sp³-hybridized carbons (Fsp3) is 0.500. The SMILES string of the molecule is CC(C)(C)OC(=O)N1CC(C(=O)O)CC(O)(c2c[nH]c3ncccc23)C1. The summed E-state index contributed by atoms with van der Waals surface area (Å²) < 4.78 is 5.37. The summed E-state index contributed by atoms with van der Waals surface area (Å²) >= 11 is 0. The van der Waals surface area contributed by atoms with Gasteiger partial charge >= 0.3 is 12.1 Å². The van der Waals surface area contributed by atoms with Crippen molar-refractivity contribution in [2.45, 2.75) is 38.4 Å². The van der Waals surface area contributed by atoms with E-state index in [9.17, 15) is 19.8 Å². The zero-order valence-corrected chi connectivity index (χ0v) is 15.0. The van der Waals surface area contributed by atoms with E-state index in [0.29, 0.717) is 16.6 Å². The van der Waals surface area contributed by atoms with Gasteiger partial charge in [-0.15, -0.1) is 0 Å². The van der Waals surface area contributed by atoms with Crippen molar-refractivity contribution in [2.75, 3.05) is 13.1 Å². The molecule has 140 valence electrons. The highest BCUT2D eigenvalue weighted by molar-refractivity contribution is 5.81. The van der Waals surface area contributed by atoms with Crippen molar-refractivity contribution in [3.63, 3.8) is 0 Å². The molecule has 26 heavy (non-hydrogen) atoms. The molecule has 0 aromatic carbocycles. The Bertz CT molecular complexity index is 841. The van der Waals surface area contributed by atoms with Gasteiger partial charge < -0.3 is 24.8 Å². The number of pyridine rings is 1. The molecule has 3 heterocycles. The molecule has 2 unspecified atom stereocenters. The number of β-amino-alcohol motifs (C(OH)–C–C–N with tert-alkyl or cyclic N) is 1. The number of aromatic nitrogens is 2. The molecule has 1 aliphatic rings. The molecule has 0 saturated carbocycles. The van der Waals surface area contributed by atoms with Gasteiger partial charge in [-0.25, -0.2) is 9.78 Å². The number of aromatic amines is 1. The number of piperidine rings is 1. The van der Waals surface area contributed by atoms with Gasteiger partial charge in [0.1, 0.15) is 16.8 Å². The molecule has 2 aromatic rings. The highest BCUT2D eigenvalue weighted by Crippen LogP contribution is 2.38. The highest BCUT2D eigenvalue weighted by atomic mass is 16.6. The summed E-state index contributed by atoms with van der Waals surface area (Å²) in [6.45, 7) is 5.16. The van der Waals surface area contributed by atoms with Gasteiger partial charge in [0.15, 0.2) is 0 Å². The molecule has 3 N–H and O–H groups in total. The van der Waals surface area contributed by atoms with Crippen LogP contribution in [0.15, 0.2) is 24.5 Å². The lowest BCUT2D eigenvalue weighted by Gasteiger charge is -2.42. The maximum Gasteiger partial charge on any atom is 0.410 e. The van der Waals surface area contributed by atoms with Crippen molar-refractivity contribution in [1.82, 2.24) is 14.9 Å². The summed E-state index contributed by atoms with van der Waals surface area (Å²) in [5, 5.41) is 21.5. The number of aliphatic hydroxyl groups is 1. The zero-order chi connectivity index (χ0) is 19.1. The third-order valence-electron chi connectivity index (χ3n) is 4.43. The Labute approximate surface area is 150 Å². The molecule has 2 aromatic heterocycles. The third kappa shape index (κ3) is 3.50. The fourth-order valence-electron chi connectivity index (χ4n) is 3.35. The monoisotopic (exact) mass is 361 g/mol. The fourth-order valence-corrected chi connectivity index (χ4v) is 3.35. The van der Waals surface area contributed by atoms with Gasteiger partial charge in [-0.3, -0.25) is 4.79 Å². The molecule has 8 heteroatoms. The number of nitrogens with zero attached hydrogens (tertiary/aromatic N) is 2. The van der Waals surface area contributed by atoms with E-state index in [-0.39, 0.29) is 19.5 Å². The quantitative estimate of drug-likeness (QED) is 0.754. The molecule has 0 radical (unpaired) electrons. The lowest BCUT2D eigenvalue weighted by atomic mass is 9.80. The number of carbonyl (C=O) groups excluding carboxylic acids is 1. The van der Waals surface area contributed by atoms with Gasteiger partial charge in [-0.05, 0) is 39.3 Å². The Morgan fingerprint density at radius 3 is 2.81 bits per heavy atom. The van der Waals surface area contributed by atoms with Crippen molar-refractivity contribution < 1.29 is 24.5 Å². The Balaban J connectivity index is 1.97. The number of ether oxygens (including phenoxy) is 1. The van der Waals surface area contributed by atoms with E-state index < -0.39 is 29.2 Å². The number of hydrogen-bond donors (Lipinski definition) is 3. The number of carboxylic acids is 1. The van der Waals surface area contributed by atoms with Crippen LogP contribution in [-0.2, 0) is 15.1 Å². The van der Waals surface area contributed by atoms with E-state index in [2.05, 4.69) is 9.97 Å². The number of nitrogens with one attached hydrogen (secondary N) is 1. The zero-order valence-electron chi connectivity index (χ0n) is 15.0. The van der Waals surface area contributed by atoms with E-state index in [1.807, 2.05) is 0 Å². The lowest BCUT2D eigenvalue weighted by molar-refractivity contribution is -0.149. The smallest absolute Gasteiger partial charge is 0.410 e. The van der Waals surface area contributed by atoms with Crippen LogP contribution >= 0.6 is 0 Å². The van der Waals surface area contributed by atoms with Gasteiger partial charge in [0.25, 0.3) is 0 Å². The summed E-state index contributed by atoms with van der Waals surface area (Å²) in [7, 11) is 0. The minimum absolute atomic E-state index is 0.00345. The number of rotatable bonds is 2. The molecule has 0 aliphatic carbocycles. The predicted octanol–water partition coefficient (Wildman–Crippen LogP) is 2.09.